The van der Waals surface area contributed by atoms with Gasteiger partial charge < -0.3 is 0 Å². The van der Waals surface area contributed by atoms with Crippen molar-refractivity contribution in [1.82, 2.24) is 9.71 Å². The number of hydrogen-bond acceptors (Lipinski definition) is 4. The van der Waals surface area contributed by atoms with E-state index in [0.29, 0.717) is 18.0 Å². The molecule has 102 valence electrons. The van der Waals surface area contributed by atoms with E-state index >= 15 is 0 Å². The van der Waals surface area contributed by atoms with E-state index in [1.54, 1.807) is 29.7 Å². The molecule has 1 aromatic heterocycles. The second kappa shape index (κ2) is 6.00. The normalized spacial score (nSPS) is 11.7. The maximum absolute atomic E-state index is 12.0. The van der Waals surface area contributed by atoms with Crippen LogP contribution in [0.2, 0.25) is 5.02 Å². The number of aryl methyl sites for hydroxylation is 1. The topological polar surface area (TPSA) is 59.1 Å². The molecule has 4 nitrogen and oxygen atoms in total. The molecule has 0 spiro atoms. The highest BCUT2D eigenvalue weighted by Gasteiger charge is 2.13. The van der Waals surface area contributed by atoms with Gasteiger partial charge in [-0.3, -0.25) is 0 Å². The molecule has 0 aliphatic rings. The summed E-state index contributed by atoms with van der Waals surface area (Å²) >= 11 is 7.35. The van der Waals surface area contributed by atoms with Crippen LogP contribution in [-0.4, -0.2) is 19.9 Å². The molecule has 0 saturated heterocycles. The third kappa shape index (κ3) is 4.01. The molecule has 0 fully saturated rings. The van der Waals surface area contributed by atoms with Crippen molar-refractivity contribution in [3.63, 3.8) is 0 Å². The van der Waals surface area contributed by atoms with Crippen molar-refractivity contribution in [3.05, 3.63) is 45.4 Å². The Morgan fingerprint density at radius 1 is 1.42 bits per heavy atom. The third-order valence-corrected chi connectivity index (χ3v) is 5.07. The highest BCUT2D eigenvalue weighted by atomic mass is 35.5. The van der Waals surface area contributed by atoms with Crippen LogP contribution < -0.4 is 4.72 Å². The Labute approximate surface area is 121 Å². The molecule has 1 N–H and O–H groups in total. The maximum Gasteiger partial charge on any atom is 0.240 e. The summed E-state index contributed by atoms with van der Waals surface area (Å²) in [6.45, 7) is 2.29. The monoisotopic (exact) mass is 316 g/mol. The molecule has 0 atom stereocenters. The smallest absolute Gasteiger partial charge is 0.240 e. The first-order valence-electron chi connectivity index (χ1n) is 5.64. The van der Waals surface area contributed by atoms with Crippen molar-refractivity contribution in [2.24, 2.45) is 0 Å². The quantitative estimate of drug-likeness (QED) is 0.922. The van der Waals surface area contributed by atoms with Crippen LogP contribution in [0, 0.1) is 6.92 Å². The number of aromatic nitrogens is 1. The van der Waals surface area contributed by atoms with Crippen molar-refractivity contribution >= 4 is 33.0 Å². The van der Waals surface area contributed by atoms with Gasteiger partial charge in [-0.05, 0) is 25.1 Å². The summed E-state index contributed by atoms with van der Waals surface area (Å²) in [6.07, 6.45) is 2.36. The predicted octanol–water partition coefficient (Wildman–Crippen LogP) is 2.63. The van der Waals surface area contributed by atoms with Crippen LogP contribution >= 0.6 is 22.9 Å². The summed E-state index contributed by atoms with van der Waals surface area (Å²) in [6, 6.07) is 6.19. The van der Waals surface area contributed by atoms with Gasteiger partial charge in [0, 0.05) is 29.1 Å². The van der Waals surface area contributed by atoms with Gasteiger partial charge >= 0.3 is 0 Å². The number of thiazole rings is 1. The van der Waals surface area contributed by atoms with Gasteiger partial charge in [-0.2, -0.15) is 0 Å². The second-order valence-electron chi connectivity index (χ2n) is 3.97. The zero-order valence-corrected chi connectivity index (χ0v) is 12.6. The van der Waals surface area contributed by atoms with Crippen molar-refractivity contribution in [2.75, 3.05) is 6.54 Å². The summed E-state index contributed by atoms with van der Waals surface area (Å²) in [5, 5.41) is 1.32. The molecular formula is C12H13ClN2O2S2. The third-order valence-electron chi connectivity index (χ3n) is 2.41. The first kappa shape index (κ1) is 14.5. The van der Waals surface area contributed by atoms with Crippen LogP contribution in [0.25, 0.3) is 0 Å². The minimum atomic E-state index is -3.50. The lowest BCUT2D eigenvalue weighted by atomic mass is 10.4. The van der Waals surface area contributed by atoms with Gasteiger partial charge in [0.05, 0.1) is 9.90 Å². The maximum atomic E-state index is 12.0. The average Bonchev–Trinajstić information content (AvgIpc) is 2.75. The van der Waals surface area contributed by atoms with E-state index in [2.05, 4.69) is 9.71 Å². The number of nitrogens with one attached hydrogen (secondary N) is 1. The molecular weight excluding hydrogens is 304 g/mol. The van der Waals surface area contributed by atoms with Gasteiger partial charge in [-0.25, -0.2) is 18.1 Å². The Hall–Kier alpha value is -0.950. The van der Waals surface area contributed by atoms with Crippen molar-refractivity contribution in [2.45, 2.75) is 18.2 Å². The molecule has 0 amide bonds. The van der Waals surface area contributed by atoms with Crippen LogP contribution in [0.5, 0.6) is 0 Å². The zero-order valence-electron chi connectivity index (χ0n) is 10.3. The number of halogens is 1. The Kier molecular flexibility index (Phi) is 4.57. The first-order valence-corrected chi connectivity index (χ1v) is 8.32. The van der Waals surface area contributed by atoms with E-state index in [-0.39, 0.29) is 4.90 Å². The fraction of sp³-hybridized carbons (Fsp3) is 0.250. The van der Waals surface area contributed by atoms with E-state index in [1.165, 1.54) is 12.1 Å². The largest absolute Gasteiger partial charge is 0.249 e. The van der Waals surface area contributed by atoms with E-state index in [0.717, 1.165) is 9.88 Å². The molecule has 0 unspecified atom stereocenters. The lowest BCUT2D eigenvalue weighted by Gasteiger charge is -2.05. The minimum absolute atomic E-state index is 0.176. The van der Waals surface area contributed by atoms with E-state index < -0.39 is 10.0 Å². The average molecular weight is 317 g/mol. The molecule has 0 aliphatic heterocycles. The van der Waals surface area contributed by atoms with Crippen molar-refractivity contribution < 1.29 is 8.42 Å². The fourth-order valence-electron chi connectivity index (χ4n) is 1.53. The van der Waals surface area contributed by atoms with Gasteiger partial charge in [0.2, 0.25) is 10.0 Å². The van der Waals surface area contributed by atoms with Crippen LogP contribution in [0.15, 0.2) is 35.4 Å². The van der Waals surface area contributed by atoms with Crippen molar-refractivity contribution in [3.8, 4) is 0 Å². The van der Waals surface area contributed by atoms with Gasteiger partial charge in [0.15, 0.2) is 0 Å². The molecule has 0 saturated carbocycles. The molecule has 2 aromatic rings. The lowest BCUT2D eigenvalue weighted by molar-refractivity contribution is 0.581. The molecule has 0 aliphatic carbocycles. The Morgan fingerprint density at radius 3 is 2.84 bits per heavy atom. The van der Waals surface area contributed by atoms with Gasteiger partial charge in [-0.1, -0.05) is 17.7 Å². The van der Waals surface area contributed by atoms with E-state index in [9.17, 15) is 8.42 Å². The van der Waals surface area contributed by atoms with Gasteiger partial charge in [0.25, 0.3) is 0 Å². The standard InChI is InChI=1S/C12H13ClN2O2S2/c1-9-8-14-12(18-9)5-6-15-19(16,17)11-4-2-3-10(13)7-11/h2-4,7-8,15H,5-6H2,1H3. The first-order chi connectivity index (χ1) is 8.97. The minimum Gasteiger partial charge on any atom is -0.249 e. The molecule has 2 rings (SSSR count). The fourth-order valence-corrected chi connectivity index (χ4v) is 3.65. The van der Waals surface area contributed by atoms with E-state index in [4.69, 9.17) is 11.6 Å². The Balaban J connectivity index is 1.98. The number of rotatable bonds is 5. The van der Waals surface area contributed by atoms with Gasteiger partial charge in [0.1, 0.15) is 0 Å². The van der Waals surface area contributed by atoms with Crippen molar-refractivity contribution in [1.29, 1.82) is 0 Å². The number of nitrogens with zero attached hydrogens (tertiary/aromatic N) is 1. The number of benzene rings is 1. The molecule has 1 heterocycles. The Bertz CT molecular complexity index is 668. The molecule has 0 radical (unpaired) electrons. The molecule has 0 bridgehead atoms. The highest BCUT2D eigenvalue weighted by Crippen LogP contribution is 2.15. The molecule has 7 heteroatoms. The Morgan fingerprint density at radius 2 is 2.21 bits per heavy atom. The number of sulfonamides is 1. The van der Waals surface area contributed by atoms with Crippen LogP contribution in [0.3, 0.4) is 0 Å². The van der Waals surface area contributed by atoms with Gasteiger partial charge in [-0.15, -0.1) is 11.3 Å². The second-order valence-corrected chi connectivity index (χ2v) is 7.49. The van der Waals surface area contributed by atoms with Crippen LogP contribution in [0.4, 0.5) is 0 Å². The van der Waals surface area contributed by atoms with Crippen LogP contribution in [-0.2, 0) is 16.4 Å². The van der Waals surface area contributed by atoms with Crippen LogP contribution in [0.1, 0.15) is 9.88 Å². The SMILES string of the molecule is Cc1cnc(CCNS(=O)(=O)c2cccc(Cl)c2)s1. The summed E-state index contributed by atoms with van der Waals surface area (Å²) in [5.41, 5.74) is 0. The predicted molar refractivity (Wildman–Crippen MR) is 77.2 cm³/mol. The molecule has 19 heavy (non-hydrogen) atoms. The lowest BCUT2D eigenvalue weighted by Crippen LogP contribution is -2.25. The summed E-state index contributed by atoms with van der Waals surface area (Å²) < 4.78 is 26.5. The molecule has 1 aromatic carbocycles. The highest BCUT2D eigenvalue weighted by molar-refractivity contribution is 7.89. The van der Waals surface area contributed by atoms with E-state index in [1.807, 2.05) is 6.92 Å². The summed E-state index contributed by atoms with van der Waals surface area (Å²) in [5.74, 6) is 0. The number of hydrogen-bond donors (Lipinski definition) is 1. The summed E-state index contributed by atoms with van der Waals surface area (Å²) in [4.78, 5) is 5.48. The zero-order chi connectivity index (χ0) is 13.9. The summed E-state index contributed by atoms with van der Waals surface area (Å²) in [7, 11) is -3.50.